The van der Waals surface area contributed by atoms with E-state index < -0.39 is 5.97 Å². The molecule has 158 valence electrons. The highest BCUT2D eigenvalue weighted by Gasteiger charge is 2.24. The van der Waals surface area contributed by atoms with E-state index in [-0.39, 0.29) is 0 Å². The van der Waals surface area contributed by atoms with Crippen LogP contribution in [0.1, 0.15) is 45.8 Å². The Morgan fingerprint density at radius 3 is 2.61 bits per heavy atom. The number of piperidine rings is 1. The van der Waals surface area contributed by atoms with Crippen molar-refractivity contribution in [2.75, 3.05) is 13.1 Å². The Bertz CT molecular complexity index is 1180. The fourth-order valence-electron chi connectivity index (χ4n) is 4.77. The van der Waals surface area contributed by atoms with Crippen LogP contribution in [0.4, 0.5) is 0 Å². The molecule has 1 N–H and O–H groups in total. The summed E-state index contributed by atoms with van der Waals surface area (Å²) in [7, 11) is 0. The van der Waals surface area contributed by atoms with E-state index in [0.717, 1.165) is 44.6 Å². The van der Waals surface area contributed by atoms with Gasteiger partial charge in [-0.2, -0.15) is 0 Å². The molecule has 1 aliphatic heterocycles. The van der Waals surface area contributed by atoms with Crippen molar-refractivity contribution < 1.29 is 14.3 Å². The molecule has 2 aromatic carbocycles. The van der Waals surface area contributed by atoms with E-state index >= 15 is 0 Å². The van der Waals surface area contributed by atoms with E-state index in [0.29, 0.717) is 11.5 Å². The predicted molar refractivity (Wildman–Crippen MR) is 120 cm³/mol. The number of furan rings is 1. The number of carbonyl (C=O) groups is 1. The lowest BCUT2D eigenvalue weighted by Gasteiger charge is -2.32. The van der Waals surface area contributed by atoms with Crippen LogP contribution in [0.25, 0.3) is 10.9 Å². The van der Waals surface area contributed by atoms with Crippen LogP contribution in [0.5, 0.6) is 0 Å². The summed E-state index contributed by atoms with van der Waals surface area (Å²) in [5, 5.41) is 10.6. The number of rotatable bonds is 6. The van der Waals surface area contributed by atoms with Gasteiger partial charge < -0.3 is 14.1 Å². The first-order chi connectivity index (χ1) is 15.2. The normalized spacial score (nSPS) is 15.5. The summed E-state index contributed by atoms with van der Waals surface area (Å²) >= 11 is 0. The largest absolute Gasteiger partial charge is 0.478 e. The fourth-order valence-corrected chi connectivity index (χ4v) is 4.77. The Labute approximate surface area is 181 Å². The second-order valence-electron chi connectivity index (χ2n) is 8.42. The van der Waals surface area contributed by atoms with E-state index in [1.807, 2.05) is 24.5 Å². The molecule has 1 fully saturated rings. The highest BCUT2D eigenvalue weighted by Crippen LogP contribution is 2.35. The molecule has 5 heteroatoms. The molecule has 0 radical (unpaired) electrons. The Hall–Kier alpha value is -3.31. The molecule has 0 unspecified atom stereocenters. The van der Waals surface area contributed by atoms with Gasteiger partial charge in [-0.15, -0.1) is 0 Å². The zero-order valence-corrected chi connectivity index (χ0v) is 17.4. The van der Waals surface area contributed by atoms with Gasteiger partial charge in [-0.05, 0) is 67.2 Å². The van der Waals surface area contributed by atoms with Gasteiger partial charge in [0.25, 0.3) is 0 Å². The molecule has 0 aliphatic carbocycles. The monoisotopic (exact) mass is 414 g/mol. The first kappa shape index (κ1) is 19.6. The molecule has 0 atom stereocenters. The highest BCUT2D eigenvalue weighted by molar-refractivity contribution is 5.87. The van der Waals surface area contributed by atoms with Crippen molar-refractivity contribution >= 4 is 16.9 Å². The van der Waals surface area contributed by atoms with Crippen LogP contribution in [0.15, 0.2) is 77.7 Å². The van der Waals surface area contributed by atoms with Crippen molar-refractivity contribution in [3.63, 3.8) is 0 Å². The average Bonchev–Trinajstić information content (AvgIpc) is 3.43. The number of aromatic carboxylic acids is 1. The number of likely N-dealkylation sites (tertiary alicyclic amines) is 1. The van der Waals surface area contributed by atoms with Crippen LogP contribution in [-0.4, -0.2) is 33.6 Å². The molecule has 5 rings (SSSR count). The molecule has 0 spiro atoms. The summed E-state index contributed by atoms with van der Waals surface area (Å²) in [5.41, 5.74) is 5.30. The average molecular weight is 415 g/mol. The molecular weight excluding hydrogens is 388 g/mol. The molecule has 0 amide bonds. The molecule has 1 aliphatic rings. The van der Waals surface area contributed by atoms with E-state index in [1.54, 1.807) is 18.4 Å². The first-order valence-corrected chi connectivity index (χ1v) is 10.8. The van der Waals surface area contributed by atoms with E-state index in [2.05, 4.69) is 39.9 Å². The third-order valence-electron chi connectivity index (χ3n) is 6.36. The van der Waals surface area contributed by atoms with Gasteiger partial charge in [0.1, 0.15) is 0 Å². The molecule has 4 aromatic rings. The number of nitrogens with zero attached hydrogens (tertiary/aromatic N) is 2. The number of hydrogen-bond donors (Lipinski definition) is 1. The summed E-state index contributed by atoms with van der Waals surface area (Å²) in [6.45, 7) is 3.65. The highest BCUT2D eigenvalue weighted by atomic mass is 16.4. The molecule has 3 heterocycles. The van der Waals surface area contributed by atoms with Gasteiger partial charge in [0.15, 0.2) is 0 Å². The van der Waals surface area contributed by atoms with Gasteiger partial charge in [0.2, 0.25) is 0 Å². The van der Waals surface area contributed by atoms with Gasteiger partial charge in [-0.1, -0.05) is 30.3 Å². The molecule has 0 bridgehead atoms. The third-order valence-corrected chi connectivity index (χ3v) is 6.36. The maximum Gasteiger partial charge on any atom is 0.335 e. The van der Waals surface area contributed by atoms with Crippen molar-refractivity contribution in [2.45, 2.75) is 31.8 Å². The Morgan fingerprint density at radius 1 is 1.00 bits per heavy atom. The van der Waals surface area contributed by atoms with Crippen LogP contribution in [0.2, 0.25) is 0 Å². The Kier molecular flexibility index (Phi) is 5.35. The van der Waals surface area contributed by atoms with E-state index in [9.17, 15) is 9.90 Å². The molecule has 5 nitrogen and oxygen atoms in total. The Morgan fingerprint density at radius 2 is 1.84 bits per heavy atom. The molecular formula is C26H26N2O3. The minimum atomic E-state index is -0.868. The van der Waals surface area contributed by atoms with Crippen LogP contribution >= 0.6 is 0 Å². The predicted octanol–water partition coefficient (Wildman–Crippen LogP) is 5.36. The lowest BCUT2D eigenvalue weighted by Crippen LogP contribution is -2.32. The lowest BCUT2D eigenvalue weighted by atomic mass is 9.89. The van der Waals surface area contributed by atoms with Crippen LogP contribution in [0.3, 0.4) is 0 Å². The standard InChI is InChI=1S/C26H26N2O3/c29-26(30)22-5-3-4-19(14-22)15-27-11-8-21(9-12-27)24-17-28(16-20-10-13-31-18-20)25-7-2-1-6-23(24)25/h1-7,10,13-14,17-18,21H,8-9,11-12,15-16H2,(H,29,30). The van der Waals surface area contributed by atoms with E-state index in [1.165, 1.54) is 22.0 Å². The summed E-state index contributed by atoms with van der Waals surface area (Å²) in [4.78, 5) is 13.7. The molecule has 2 aromatic heterocycles. The SMILES string of the molecule is O=C(O)c1cccc(CN2CCC(c3cn(Cc4ccoc4)c4ccccc34)CC2)c1. The maximum atomic E-state index is 11.2. The summed E-state index contributed by atoms with van der Waals surface area (Å²) in [6.07, 6.45) is 8.08. The van der Waals surface area contributed by atoms with Crippen molar-refractivity contribution in [1.29, 1.82) is 0 Å². The van der Waals surface area contributed by atoms with Gasteiger partial charge in [0.05, 0.1) is 24.6 Å². The quantitative estimate of drug-likeness (QED) is 0.461. The number of benzene rings is 2. The van der Waals surface area contributed by atoms with Crippen molar-refractivity contribution in [3.8, 4) is 0 Å². The Balaban J connectivity index is 1.30. The van der Waals surface area contributed by atoms with Gasteiger partial charge in [-0.25, -0.2) is 4.79 Å². The number of para-hydroxylation sites is 1. The zero-order valence-electron chi connectivity index (χ0n) is 17.4. The second kappa shape index (κ2) is 8.44. The topological polar surface area (TPSA) is 58.6 Å². The minimum absolute atomic E-state index is 0.359. The first-order valence-electron chi connectivity index (χ1n) is 10.8. The van der Waals surface area contributed by atoms with Crippen LogP contribution in [0, 0.1) is 0 Å². The number of aromatic nitrogens is 1. The number of fused-ring (bicyclic) bond motifs is 1. The van der Waals surface area contributed by atoms with Gasteiger partial charge in [0, 0.05) is 29.2 Å². The van der Waals surface area contributed by atoms with Crippen LogP contribution < -0.4 is 0 Å². The zero-order chi connectivity index (χ0) is 21.2. The minimum Gasteiger partial charge on any atom is -0.478 e. The summed E-state index contributed by atoms with van der Waals surface area (Å²) in [6, 6.07) is 18.0. The van der Waals surface area contributed by atoms with Crippen molar-refractivity contribution in [3.05, 3.63) is 95.6 Å². The smallest absolute Gasteiger partial charge is 0.335 e. The van der Waals surface area contributed by atoms with Gasteiger partial charge in [-0.3, -0.25) is 4.90 Å². The number of carboxylic acids is 1. The number of carboxylic acid groups (broad SMARTS) is 1. The molecule has 1 saturated heterocycles. The van der Waals surface area contributed by atoms with Gasteiger partial charge >= 0.3 is 5.97 Å². The second-order valence-corrected chi connectivity index (χ2v) is 8.42. The fraction of sp³-hybridized carbons (Fsp3) is 0.269. The number of hydrogen-bond acceptors (Lipinski definition) is 3. The van der Waals surface area contributed by atoms with Crippen LogP contribution in [-0.2, 0) is 13.1 Å². The lowest BCUT2D eigenvalue weighted by molar-refractivity contribution is 0.0696. The maximum absolute atomic E-state index is 11.2. The third kappa shape index (κ3) is 4.14. The molecule has 0 saturated carbocycles. The van der Waals surface area contributed by atoms with Crippen molar-refractivity contribution in [2.24, 2.45) is 0 Å². The molecule has 31 heavy (non-hydrogen) atoms. The summed E-state index contributed by atoms with van der Waals surface area (Å²) < 4.78 is 7.58. The van der Waals surface area contributed by atoms with Crippen molar-refractivity contribution in [1.82, 2.24) is 9.47 Å². The summed E-state index contributed by atoms with van der Waals surface area (Å²) in [5.74, 6) is -0.329. The van der Waals surface area contributed by atoms with E-state index in [4.69, 9.17) is 4.42 Å².